The molecule has 0 amide bonds. The van der Waals surface area contributed by atoms with Crippen LogP contribution in [0, 0.1) is 5.92 Å². The molecular weight excluding hydrogens is 296 g/mol. The number of carbonyl (C=O) groups is 1. The largest absolute Gasteiger partial charge is 0.504 e. The van der Waals surface area contributed by atoms with E-state index in [0.29, 0.717) is 19.3 Å². The molecule has 1 aromatic rings. The SMILES string of the molecule is C/C=C1\[C@@H](OC)O[C@H](C)C[C@@H]1C(=O)CCc1ccc(O)c(O)c1. The van der Waals surface area contributed by atoms with Crippen molar-refractivity contribution in [3.63, 3.8) is 0 Å². The Bertz CT molecular complexity index is 593. The third-order valence-electron chi connectivity index (χ3n) is 4.23. The molecule has 126 valence electrons. The molecule has 1 aliphatic heterocycles. The molecule has 0 unspecified atom stereocenters. The van der Waals surface area contributed by atoms with Crippen LogP contribution in [0.5, 0.6) is 11.5 Å². The first-order valence-corrected chi connectivity index (χ1v) is 7.84. The number of methoxy groups -OCH3 is 1. The second-order valence-electron chi connectivity index (χ2n) is 5.88. The van der Waals surface area contributed by atoms with E-state index in [1.807, 2.05) is 19.9 Å². The van der Waals surface area contributed by atoms with Crippen LogP contribution in [0.2, 0.25) is 0 Å². The van der Waals surface area contributed by atoms with Crippen molar-refractivity contribution in [2.75, 3.05) is 7.11 Å². The van der Waals surface area contributed by atoms with Crippen LogP contribution >= 0.6 is 0 Å². The summed E-state index contributed by atoms with van der Waals surface area (Å²) >= 11 is 0. The van der Waals surface area contributed by atoms with E-state index in [2.05, 4.69) is 0 Å². The smallest absolute Gasteiger partial charge is 0.180 e. The molecule has 0 aromatic heterocycles. The summed E-state index contributed by atoms with van der Waals surface area (Å²) in [6.07, 6.45) is 2.95. The van der Waals surface area contributed by atoms with E-state index in [0.717, 1.165) is 11.1 Å². The molecule has 1 aromatic carbocycles. The number of carbonyl (C=O) groups excluding carboxylic acids is 1. The number of ketones is 1. The average molecular weight is 320 g/mol. The highest BCUT2D eigenvalue weighted by atomic mass is 16.7. The second-order valence-corrected chi connectivity index (χ2v) is 5.88. The fourth-order valence-corrected chi connectivity index (χ4v) is 2.99. The number of allylic oxidation sites excluding steroid dienone is 1. The van der Waals surface area contributed by atoms with E-state index in [1.54, 1.807) is 13.2 Å². The van der Waals surface area contributed by atoms with Crippen LogP contribution in [-0.4, -0.2) is 35.5 Å². The molecule has 1 aliphatic rings. The molecule has 0 spiro atoms. The Labute approximate surface area is 136 Å². The maximum absolute atomic E-state index is 12.6. The molecule has 5 heteroatoms. The Hall–Kier alpha value is -1.85. The van der Waals surface area contributed by atoms with E-state index < -0.39 is 6.29 Å². The van der Waals surface area contributed by atoms with E-state index in [1.165, 1.54) is 12.1 Å². The zero-order chi connectivity index (χ0) is 17.0. The minimum absolute atomic E-state index is 0.0321. The van der Waals surface area contributed by atoms with Crippen molar-refractivity contribution in [1.82, 2.24) is 0 Å². The van der Waals surface area contributed by atoms with Crippen LogP contribution < -0.4 is 0 Å². The molecule has 1 heterocycles. The summed E-state index contributed by atoms with van der Waals surface area (Å²) in [4.78, 5) is 12.6. The molecule has 1 fully saturated rings. The van der Waals surface area contributed by atoms with Gasteiger partial charge in [-0.05, 0) is 50.0 Å². The summed E-state index contributed by atoms with van der Waals surface area (Å²) < 4.78 is 11.0. The number of benzene rings is 1. The van der Waals surface area contributed by atoms with Crippen molar-refractivity contribution in [2.45, 2.75) is 45.5 Å². The van der Waals surface area contributed by atoms with E-state index in [4.69, 9.17) is 9.47 Å². The van der Waals surface area contributed by atoms with Crippen LogP contribution in [0.3, 0.4) is 0 Å². The highest BCUT2D eigenvalue weighted by Gasteiger charge is 2.35. The predicted octanol–water partition coefficient (Wildman–Crippen LogP) is 2.94. The van der Waals surface area contributed by atoms with Crippen LogP contribution in [0.4, 0.5) is 0 Å². The van der Waals surface area contributed by atoms with Crippen molar-refractivity contribution in [3.05, 3.63) is 35.4 Å². The fourth-order valence-electron chi connectivity index (χ4n) is 2.99. The van der Waals surface area contributed by atoms with Crippen LogP contribution in [0.25, 0.3) is 0 Å². The number of aromatic hydroxyl groups is 2. The van der Waals surface area contributed by atoms with E-state index >= 15 is 0 Å². The lowest BCUT2D eigenvalue weighted by atomic mass is 9.84. The van der Waals surface area contributed by atoms with Crippen molar-refractivity contribution in [2.24, 2.45) is 5.92 Å². The summed E-state index contributed by atoms with van der Waals surface area (Å²) in [5, 5.41) is 18.8. The van der Waals surface area contributed by atoms with Gasteiger partial charge in [0.2, 0.25) is 0 Å². The van der Waals surface area contributed by atoms with Gasteiger partial charge in [-0.2, -0.15) is 0 Å². The first kappa shape index (κ1) is 17.5. The molecule has 5 nitrogen and oxygen atoms in total. The first-order valence-electron chi connectivity index (χ1n) is 7.84. The highest BCUT2D eigenvalue weighted by molar-refractivity contribution is 5.84. The number of phenolic OH excluding ortho intramolecular Hbond substituents is 2. The van der Waals surface area contributed by atoms with Crippen molar-refractivity contribution < 1.29 is 24.5 Å². The number of phenols is 2. The molecule has 0 aliphatic carbocycles. The molecule has 3 atom stereocenters. The number of hydrogen-bond donors (Lipinski definition) is 2. The number of Topliss-reactive ketones (excluding diaryl/α,β-unsaturated/α-hetero) is 1. The lowest BCUT2D eigenvalue weighted by Crippen LogP contribution is -2.38. The van der Waals surface area contributed by atoms with Gasteiger partial charge in [-0.25, -0.2) is 0 Å². The molecule has 0 radical (unpaired) electrons. The maximum Gasteiger partial charge on any atom is 0.180 e. The minimum Gasteiger partial charge on any atom is -0.504 e. The third kappa shape index (κ3) is 4.12. The van der Waals surface area contributed by atoms with E-state index in [9.17, 15) is 15.0 Å². The van der Waals surface area contributed by atoms with Gasteiger partial charge in [0.05, 0.1) is 6.10 Å². The van der Waals surface area contributed by atoms with Crippen LogP contribution in [0.15, 0.2) is 29.8 Å². The molecule has 23 heavy (non-hydrogen) atoms. The van der Waals surface area contributed by atoms with Gasteiger partial charge >= 0.3 is 0 Å². The van der Waals surface area contributed by atoms with Gasteiger partial charge in [0.25, 0.3) is 0 Å². The Morgan fingerprint density at radius 2 is 2.13 bits per heavy atom. The summed E-state index contributed by atoms with van der Waals surface area (Å²) in [5.41, 5.74) is 1.70. The molecule has 1 saturated heterocycles. The normalized spacial score (nSPS) is 26.4. The molecule has 0 bridgehead atoms. The quantitative estimate of drug-likeness (QED) is 0.644. The topological polar surface area (TPSA) is 76.0 Å². The Morgan fingerprint density at radius 1 is 1.39 bits per heavy atom. The average Bonchev–Trinajstić information content (AvgIpc) is 2.54. The molecule has 0 saturated carbocycles. The van der Waals surface area contributed by atoms with Gasteiger partial charge in [-0.15, -0.1) is 0 Å². The lowest BCUT2D eigenvalue weighted by molar-refractivity contribution is -0.160. The number of ether oxygens (including phenoxy) is 2. The highest BCUT2D eigenvalue weighted by Crippen LogP contribution is 2.32. The van der Waals surface area contributed by atoms with Crippen molar-refractivity contribution >= 4 is 5.78 Å². The van der Waals surface area contributed by atoms with Gasteiger partial charge in [0, 0.05) is 19.4 Å². The number of aryl methyl sites for hydroxylation is 1. The van der Waals surface area contributed by atoms with Crippen LogP contribution in [0.1, 0.15) is 32.3 Å². The lowest BCUT2D eigenvalue weighted by Gasteiger charge is -2.35. The Morgan fingerprint density at radius 3 is 2.74 bits per heavy atom. The molecule has 2 rings (SSSR count). The summed E-state index contributed by atoms with van der Waals surface area (Å²) in [6.45, 7) is 3.83. The Kier molecular flexibility index (Phi) is 5.80. The van der Waals surface area contributed by atoms with Gasteiger partial charge in [0.15, 0.2) is 17.8 Å². The summed E-state index contributed by atoms with van der Waals surface area (Å²) in [7, 11) is 1.58. The zero-order valence-corrected chi connectivity index (χ0v) is 13.8. The van der Waals surface area contributed by atoms with Crippen LogP contribution in [-0.2, 0) is 20.7 Å². The van der Waals surface area contributed by atoms with Gasteiger partial charge in [-0.1, -0.05) is 12.1 Å². The summed E-state index contributed by atoms with van der Waals surface area (Å²) in [5.74, 6) is -0.372. The van der Waals surface area contributed by atoms with Gasteiger partial charge < -0.3 is 19.7 Å². The fraction of sp³-hybridized carbons (Fsp3) is 0.500. The van der Waals surface area contributed by atoms with Gasteiger partial charge in [-0.3, -0.25) is 4.79 Å². The molecule has 2 N–H and O–H groups in total. The summed E-state index contributed by atoms with van der Waals surface area (Å²) in [6, 6.07) is 4.64. The van der Waals surface area contributed by atoms with E-state index in [-0.39, 0.29) is 29.3 Å². The number of rotatable bonds is 5. The standard InChI is InChI=1S/C18H24O5/c1-4-13-14(9-11(2)23-18(13)22-3)15(19)7-5-12-6-8-16(20)17(21)10-12/h4,6,8,10-11,14,18,20-21H,5,7,9H2,1-3H3/b13-4-/t11-,14+,18+/m1/s1. The number of hydrogen-bond acceptors (Lipinski definition) is 5. The monoisotopic (exact) mass is 320 g/mol. The predicted molar refractivity (Wildman–Crippen MR) is 86.3 cm³/mol. The second kappa shape index (κ2) is 7.62. The molecular formula is C18H24O5. The third-order valence-corrected chi connectivity index (χ3v) is 4.23. The van der Waals surface area contributed by atoms with Crippen molar-refractivity contribution in [1.29, 1.82) is 0 Å². The minimum atomic E-state index is -0.463. The first-order chi connectivity index (χ1) is 11.0. The van der Waals surface area contributed by atoms with Gasteiger partial charge in [0.1, 0.15) is 5.78 Å². The maximum atomic E-state index is 12.6. The Balaban J connectivity index is 2.04. The van der Waals surface area contributed by atoms with Crippen molar-refractivity contribution in [3.8, 4) is 11.5 Å². The zero-order valence-electron chi connectivity index (χ0n) is 13.8.